The van der Waals surface area contributed by atoms with Gasteiger partial charge in [-0.05, 0) is 42.0 Å². The minimum atomic E-state index is -3.49. The Kier molecular flexibility index (Phi) is 6.39. The van der Waals surface area contributed by atoms with Crippen molar-refractivity contribution in [2.75, 3.05) is 18.2 Å². The van der Waals surface area contributed by atoms with E-state index >= 15 is 0 Å². The highest BCUT2D eigenvalue weighted by Crippen LogP contribution is 2.25. The van der Waals surface area contributed by atoms with Gasteiger partial charge in [-0.1, -0.05) is 23.7 Å². The number of nitrogens with one attached hydrogen (secondary N) is 1. The molecule has 0 saturated carbocycles. The zero-order valence-corrected chi connectivity index (χ0v) is 15.3. The van der Waals surface area contributed by atoms with Crippen molar-refractivity contribution in [1.82, 2.24) is 0 Å². The molecule has 26 heavy (non-hydrogen) atoms. The summed E-state index contributed by atoms with van der Waals surface area (Å²) in [7, 11) is -3.49. The molecule has 0 radical (unpaired) electrons. The zero-order chi connectivity index (χ0) is 19.2. The van der Waals surface area contributed by atoms with Crippen LogP contribution in [0.25, 0.3) is 6.08 Å². The minimum Gasteiger partial charge on any atom is -0.479 e. The van der Waals surface area contributed by atoms with Gasteiger partial charge in [0.05, 0.1) is 9.92 Å². The molecule has 2 rings (SSSR count). The maximum absolute atomic E-state index is 12.0. The van der Waals surface area contributed by atoms with Crippen LogP contribution in [0.1, 0.15) is 5.56 Å². The van der Waals surface area contributed by atoms with E-state index in [1.807, 2.05) is 6.07 Å². The van der Waals surface area contributed by atoms with Crippen LogP contribution < -0.4 is 10.1 Å². The third kappa shape index (κ3) is 5.62. The van der Waals surface area contributed by atoms with Gasteiger partial charge >= 0.3 is 0 Å². The average molecular weight is 391 g/mol. The zero-order valence-electron chi connectivity index (χ0n) is 13.8. The van der Waals surface area contributed by atoms with E-state index in [9.17, 15) is 13.2 Å². The van der Waals surface area contributed by atoms with Gasteiger partial charge in [0.15, 0.2) is 16.4 Å². The quantitative estimate of drug-likeness (QED) is 0.763. The molecule has 0 saturated heterocycles. The van der Waals surface area contributed by atoms with E-state index in [0.29, 0.717) is 11.4 Å². The fraction of sp³-hybridized carbons (Fsp3) is 0.111. The number of ether oxygens (including phenoxy) is 1. The smallest absolute Gasteiger partial charge is 0.248 e. The Morgan fingerprint density at radius 3 is 2.58 bits per heavy atom. The number of amides is 1. The molecule has 8 heteroatoms. The second-order valence-corrected chi connectivity index (χ2v) is 7.65. The van der Waals surface area contributed by atoms with Gasteiger partial charge < -0.3 is 10.1 Å². The molecule has 1 amide bonds. The van der Waals surface area contributed by atoms with Gasteiger partial charge in [0, 0.05) is 18.0 Å². The van der Waals surface area contributed by atoms with Crippen molar-refractivity contribution >= 4 is 39.1 Å². The van der Waals surface area contributed by atoms with Crippen LogP contribution in [0.15, 0.2) is 53.4 Å². The van der Waals surface area contributed by atoms with E-state index < -0.39 is 15.7 Å². The predicted octanol–water partition coefficient (Wildman–Crippen LogP) is 3.30. The van der Waals surface area contributed by atoms with Gasteiger partial charge in [0.2, 0.25) is 5.91 Å². The van der Waals surface area contributed by atoms with E-state index in [4.69, 9.17) is 21.6 Å². The van der Waals surface area contributed by atoms with Crippen molar-refractivity contribution in [1.29, 1.82) is 5.26 Å². The fourth-order valence-electron chi connectivity index (χ4n) is 2.01. The molecule has 0 aliphatic carbocycles. The number of halogens is 1. The number of anilines is 1. The third-order valence-corrected chi connectivity index (χ3v) is 4.79. The Labute approximate surface area is 156 Å². The lowest BCUT2D eigenvalue weighted by Gasteiger charge is -2.06. The number of carbonyl (C=O) groups excluding carboxylic acids is 1. The molecule has 6 nitrogen and oxygen atoms in total. The topological polar surface area (TPSA) is 96.3 Å². The molecule has 0 heterocycles. The monoisotopic (exact) mass is 390 g/mol. The second-order valence-electron chi connectivity index (χ2n) is 5.26. The van der Waals surface area contributed by atoms with Gasteiger partial charge in [-0.2, -0.15) is 5.26 Å². The molecular weight excluding hydrogens is 376 g/mol. The lowest BCUT2D eigenvalue weighted by Crippen LogP contribution is -2.09. The van der Waals surface area contributed by atoms with Crippen LogP contribution in [0.5, 0.6) is 5.75 Å². The molecule has 2 aromatic carbocycles. The first-order valence-corrected chi connectivity index (χ1v) is 9.65. The summed E-state index contributed by atoms with van der Waals surface area (Å²) in [6.07, 6.45) is 3.96. The Morgan fingerprint density at radius 1 is 1.27 bits per heavy atom. The Hall–Kier alpha value is -2.82. The van der Waals surface area contributed by atoms with Gasteiger partial charge in [-0.15, -0.1) is 0 Å². The maximum atomic E-state index is 12.0. The van der Waals surface area contributed by atoms with E-state index in [2.05, 4.69) is 5.32 Å². The van der Waals surface area contributed by atoms with Crippen LogP contribution in [0, 0.1) is 11.3 Å². The molecule has 0 aliphatic heterocycles. The summed E-state index contributed by atoms with van der Waals surface area (Å²) in [6.45, 7) is -0.0336. The first-order valence-electron chi connectivity index (χ1n) is 7.38. The molecule has 0 atom stereocenters. The molecule has 0 bridgehead atoms. The maximum Gasteiger partial charge on any atom is 0.248 e. The van der Waals surface area contributed by atoms with Crippen molar-refractivity contribution in [3.8, 4) is 11.8 Å². The molecule has 0 aliphatic rings. The number of nitriles is 1. The molecular formula is C18H15ClN2O4S. The number of hydrogen-bond acceptors (Lipinski definition) is 5. The Morgan fingerprint density at radius 2 is 1.96 bits per heavy atom. The van der Waals surface area contributed by atoms with E-state index in [-0.39, 0.29) is 16.5 Å². The van der Waals surface area contributed by atoms with E-state index in [1.54, 1.807) is 30.3 Å². The molecule has 1 N–H and O–H groups in total. The molecule has 0 fully saturated rings. The summed E-state index contributed by atoms with van der Waals surface area (Å²) in [5, 5.41) is 11.1. The molecule has 0 aromatic heterocycles. The number of rotatable bonds is 6. The highest BCUT2D eigenvalue weighted by molar-refractivity contribution is 7.90. The summed E-state index contributed by atoms with van der Waals surface area (Å²) >= 11 is 5.87. The lowest BCUT2D eigenvalue weighted by molar-refractivity contribution is -0.111. The Balaban J connectivity index is 2.05. The number of carbonyl (C=O) groups is 1. The van der Waals surface area contributed by atoms with Crippen LogP contribution >= 0.6 is 11.6 Å². The van der Waals surface area contributed by atoms with Crippen LogP contribution in [-0.2, 0) is 14.6 Å². The lowest BCUT2D eigenvalue weighted by atomic mass is 10.2. The van der Waals surface area contributed by atoms with Gasteiger partial charge in [-0.25, -0.2) is 8.42 Å². The number of benzene rings is 2. The third-order valence-electron chi connectivity index (χ3n) is 3.21. The van der Waals surface area contributed by atoms with Crippen molar-refractivity contribution in [3.05, 3.63) is 59.1 Å². The number of hydrogen-bond donors (Lipinski definition) is 1. The summed E-state index contributed by atoms with van der Waals surface area (Å²) in [5.41, 5.74) is 1.09. The molecule has 134 valence electrons. The van der Waals surface area contributed by atoms with Crippen LogP contribution in [0.4, 0.5) is 5.69 Å². The normalized spacial score (nSPS) is 11.1. The number of nitrogens with zero attached hydrogens (tertiary/aromatic N) is 1. The standard InChI is InChI=1S/C18H15ClN2O4S/c1-26(23,24)17-12-14(5-8-16(17)19)21-18(22)9-4-13-2-6-15(7-3-13)25-11-10-20/h2-9,12H,11H2,1H3,(H,21,22)/b9-4+. The second kappa shape index (κ2) is 8.52. The first-order chi connectivity index (χ1) is 12.3. The van der Waals surface area contributed by atoms with Crippen molar-refractivity contribution in [2.45, 2.75) is 4.90 Å². The molecule has 2 aromatic rings. The Bertz CT molecular complexity index is 977. The van der Waals surface area contributed by atoms with Gasteiger partial charge in [0.25, 0.3) is 0 Å². The SMILES string of the molecule is CS(=O)(=O)c1cc(NC(=O)/C=C/c2ccc(OCC#N)cc2)ccc1Cl. The summed E-state index contributed by atoms with van der Waals surface area (Å²) < 4.78 is 28.5. The highest BCUT2D eigenvalue weighted by atomic mass is 35.5. The fourth-order valence-corrected chi connectivity index (χ4v) is 3.31. The van der Waals surface area contributed by atoms with Crippen LogP contribution in [-0.4, -0.2) is 27.2 Å². The van der Waals surface area contributed by atoms with Crippen molar-refractivity contribution < 1.29 is 17.9 Å². The van der Waals surface area contributed by atoms with E-state index in [1.165, 1.54) is 24.3 Å². The van der Waals surface area contributed by atoms with Gasteiger partial charge in [0.1, 0.15) is 11.8 Å². The highest BCUT2D eigenvalue weighted by Gasteiger charge is 2.13. The van der Waals surface area contributed by atoms with Crippen LogP contribution in [0.3, 0.4) is 0 Å². The summed E-state index contributed by atoms with van der Waals surface area (Å²) in [5.74, 6) is 0.138. The van der Waals surface area contributed by atoms with Crippen molar-refractivity contribution in [2.24, 2.45) is 0 Å². The minimum absolute atomic E-state index is 0.0336. The molecule has 0 spiro atoms. The largest absolute Gasteiger partial charge is 0.479 e. The summed E-state index contributed by atoms with van der Waals surface area (Å²) in [6, 6.07) is 13.0. The molecule has 0 unspecified atom stereocenters. The predicted molar refractivity (Wildman–Crippen MR) is 99.8 cm³/mol. The summed E-state index contributed by atoms with van der Waals surface area (Å²) in [4.78, 5) is 12.0. The van der Waals surface area contributed by atoms with E-state index in [0.717, 1.165) is 11.8 Å². The number of sulfone groups is 1. The van der Waals surface area contributed by atoms with Crippen molar-refractivity contribution in [3.63, 3.8) is 0 Å². The average Bonchev–Trinajstić information content (AvgIpc) is 2.60. The van der Waals surface area contributed by atoms with Crippen LogP contribution in [0.2, 0.25) is 5.02 Å². The first kappa shape index (κ1) is 19.5. The van der Waals surface area contributed by atoms with Gasteiger partial charge in [-0.3, -0.25) is 4.79 Å².